The molecule has 10 heteroatoms. The van der Waals surface area contributed by atoms with Crippen molar-refractivity contribution < 1.29 is 27.1 Å². The van der Waals surface area contributed by atoms with Crippen LogP contribution >= 0.6 is 11.8 Å². The van der Waals surface area contributed by atoms with Crippen LogP contribution in [0.4, 0.5) is 13.2 Å². The molecule has 0 saturated carbocycles. The Morgan fingerprint density at radius 3 is 2.49 bits per heavy atom. The fourth-order valence-corrected chi connectivity index (χ4v) is 4.81. The van der Waals surface area contributed by atoms with Crippen LogP contribution in [0.15, 0.2) is 58.1 Å². The van der Waals surface area contributed by atoms with Crippen LogP contribution in [-0.4, -0.2) is 41.1 Å². The molecule has 4 N–H and O–H groups in total. The first-order chi connectivity index (χ1) is 17.1. The lowest BCUT2D eigenvalue weighted by atomic mass is 9.79. The van der Waals surface area contributed by atoms with Crippen molar-refractivity contribution in [2.75, 3.05) is 12.4 Å². The van der Waals surface area contributed by atoms with Gasteiger partial charge in [0, 0.05) is 51.5 Å². The van der Waals surface area contributed by atoms with Gasteiger partial charge in [-0.2, -0.15) is 13.2 Å². The smallest absolute Gasteiger partial charge is 0.389 e. The first-order valence-electron chi connectivity index (χ1n) is 12.0. The molecule has 202 valence electrons. The standard InChI is InChI=1S/C27H34F3N3O3S/c1-25(2,32)13-23(31)26(3,4)24(34)35-15-17(12-27(28,29)30)16-37-20-8-7-18-10-21(36-22(18)11-20)19-6-5-9-33-14-19/h5-11,14,17,23H,12-13,15-16,31-32H2,1-4H3. The highest BCUT2D eigenvalue weighted by molar-refractivity contribution is 7.99. The van der Waals surface area contributed by atoms with Gasteiger partial charge in [-0.1, -0.05) is 0 Å². The van der Waals surface area contributed by atoms with E-state index in [1.165, 1.54) is 11.8 Å². The van der Waals surface area contributed by atoms with Crippen molar-refractivity contribution in [3.8, 4) is 11.3 Å². The molecule has 37 heavy (non-hydrogen) atoms. The number of furan rings is 1. The summed E-state index contributed by atoms with van der Waals surface area (Å²) < 4.78 is 51.1. The predicted molar refractivity (Wildman–Crippen MR) is 140 cm³/mol. The van der Waals surface area contributed by atoms with Crippen molar-refractivity contribution in [3.63, 3.8) is 0 Å². The number of nitrogens with zero attached hydrogens (tertiary/aromatic N) is 1. The summed E-state index contributed by atoms with van der Waals surface area (Å²) in [6.45, 7) is 6.48. The van der Waals surface area contributed by atoms with E-state index in [9.17, 15) is 18.0 Å². The summed E-state index contributed by atoms with van der Waals surface area (Å²) in [7, 11) is 0. The average molecular weight is 538 g/mol. The molecule has 0 aliphatic rings. The summed E-state index contributed by atoms with van der Waals surface area (Å²) in [6, 6.07) is 10.5. The molecule has 1 aromatic carbocycles. The van der Waals surface area contributed by atoms with Gasteiger partial charge in [-0.05, 0) is 70.5 Å². The number of alkyl halides is 3. The van der Waals surface area contributed by atoms with Crippen LogP contribution in [0, 0.1) is 11.3 Å². The van der Waals surface area contributed by atoms with Crippen molar-refractivity contribution >= 4 is 28.7 Å². The monoisotopic (exact) mass is 537 g/mol. The van der Waals surface area contributed by atoms with Gasteiger partial charge in [0.15, 0.2) is 0 Å². The number of fused-ring (bicyclic) bond motifs is 1. The highest BCUT2D eigenvalue weighted by Gasteiger charge is 2.39. The fourth-order valence-electron chi connectivity index (χ4n) is 3.81. The highest BCUT2D eigenvalue weighted by atomic mass is 32.2. The Balaban J connectivity index is 1.66. The first-order valence-corrected chi connectivity index (χ1v) is 13.0. The van der Waals surface area contributed by atoms with Gasteiger partial charge in [-0.15, -0.1) is 11.8 Å². The molecule has 2 heterocycles. The third-order valence-electron chi connectivity index (χ3n) is 6.09. The van der Waals surface area contributed by atoms with Crippen molar-refractivity contribution in [3.05, 3.63) is 48.8 Å². The molecule has 3 rings (SSSR count). The molecular formula is C27H34F3N3O3S. The number of esters is 1. The Morgan fingerprint density at radius 2 is 1.86 bits per heavy atom. The molecule has 2 unspecified atom stereocenters. The Kier molecular flexibility index (Phi) is 8.97. The molecule has 0 saturated heterocycles. The highest BCUT2D eigenvalue weighted by Crippen LogP contribution is 2.34. The molecule has 2 aromatic heterocycles. The minimum Gasteiger partial charge on any atom is -0.465 e. The lowest BCUT2D eigenvalue weighted by Gasteiger charge is -2.34. The van der Waals surface area contributed by atoms with E-state index >= 15 is 0 Å². The minimum absolute atomic E-state index is 0.108. The molecule has 0 radical (unpaired) electrons. The van der Waals surface area contributed by atoms with E-state index in [4.69, 9.17) is 20.6 Å². The predicted octanol–water partition coefficient (Wildman–Crippen LogP) is 6.18. The van der Waals surface area contributed by atoms with Gasteiger partial charge in [0.05, 0.1) is 18.4 Å². The summed E-state index contributed by atoms with van der Waals surface area (Å²) in [5, 5.41) is 0.878. The maximum atomic E-state index is 13.3. The SMILES string of the molecule is CC(C)(N)CC(N)C(C)(C)C(=O)OCC(CSc1ccc2cc(-c3cccnc3)oc2c1)CC(F)(F)F. The number of ether oxygens (including phenoxy) is 1. The molecular weight excluding hydrogens is 503 g/mol. The summed E-state index contributed by atoms with van der Waals surface area (Å²) in [5.41, 5.74) is 12.0. The molecule has 2 atom stereocenters. The van der Waals surface area contributed by atoms with Gasteiger partial charge >= 0.3 is 12.1 Å². The Bertz CT molecular complexity index is 1190. The van der Waals surface area contributed by atoms with Crippen LogP contribution in [0.1, 0.15) is 40.5 Å². The molecule has 0 fully saturated rings. The molecule has 0 aliphatic carbocycles. The molecule has 3 aromatic rings. The molecule has 6 nitrogen and oxygen atoms in total. The number of carbonyl (C=O) groups is 1. The number of hydrogen-bond donors (Lipinski definition) is 2. The second-order valence-corrected chi connectivity index (χ2v) is 11.8. The largest absolute Gasteiger partial charge is 0.465 e. The second kappa shape index (κ2) is 11.4. The van der Waals surface area contributed by atoms with E-state index in [0.717, 1.165) is 15.8 Å². The third kappa shape index (κ3) is 8.48. The molecule has 0 amide bonds. The Hall–Kier alpha value is -2.56. The zero-order valence-electron chi connectivity index (χ0n) is 21.5. The van der Waals surface area contributed by atoms with E-state index in [2.05, 4.69) is 4.98 Å². The van der Waals surface area contributed by atoms with E-state index in [1.807, 2.05) is 30.3 Å². The van der Waals surface area contributed by atoms with Gasteiger partial charge in [0.2, 0.25) is 0 Å². The fraction of sp³-hybridized carbons (Fsp3) is 0.481. The number of hydrogen-bond acceptors (Lipinski definition) is 7. The van der Waals surface area contributed by atoms with Crippen molar-refractivity contribution in [1.82, 2.24) is 4.98 Å². The number of benzene rings is 1. The van der Waals surface area contributed by atoms with E-state index < -0.39 is 41.5 Å². The lowest BCUT2D eigenvalue weighted by Crippen LogP contribution is -2.50. The summed E-state index contributed by atoms with van der Waals surface area (Å²) in [5.74, 6) is -0.797. The van der Waals surface area contributed by atoms with Crippen molar-refractivity contribution in [1.29, 1.82) is 0 Å². The topological polar surface area (TPSA) is 104 Å². The van der Waals surface area contributed by atoms with Gasteiger partial charge < -0.3 is 20.6 Å². The van der Waals surface area contributed by atoms with Crippen LogP contribution in [0.2, 0.25) is 0 Å². The maximum absolute atomic E-state index is 13.3. The maximum Gasteiger partial charge on any atom is 0.389 e. The van der Waals surface area contributed by atoms with Crippen molar-refractivity contribution in [2.24, 2.45) is 22.8 Å². The third-order valence-corrected chi connectivity index (χ3v) is 7.32. The summed E-state index contributed by atoms with van der Waals surface area (Å²) in [6.07, 6.45) is -1.73. The molecule has 0 bridgehead atoms. The van der Waals surface area contributed by atoms with Gasteiger partial charge in [0.1, 0.15) is 11.3 Å². The van der Waals surface area contributed by atoms with Gasteiger partial charge in [-0.25, -0.2) is 0 Å². The average Bonchev–Trinajstić information content (AvgIpc) is 3.22. The number of rotatable bonds is 11. The number of aromatic nitrogens is 1. The lowest BCUT2D eigenvalue weighted by molar-refractivity contribution is -0.164. The first kappa shape index (κ1) is 29.0. The van der Waals surface area contributed by atoms with Gasteiger partial charge in [-0.3, -0.25) is 9.78 Å². The Morgan fingerprint density at radius 1 is 1.14 bits per heavy atom. The molecule has 0 spiro atoms. The number of pyridine rings is 1. The zero-order chi connectivity index (χ0) is 27.4. The van der Waals surface area contributed by atoms with Crippen LogP contribution in [-0.2, 0) is 9.53 Å². The van der Waals surface area contributed by atoms with E-state index in [1.54, 1.807) is 46.2 Å². The van der Waals surface area contributed by atoms with Crippen LogP contribution in [0.5, 0.6) is 0 Å². The van der Waals surface area contributed by atoms with Crippen molar-refractivity contribution in [2.45, 2.75) is 63.2 Å². The minimum atomic E-state index is -4.39. The number of carbonyl (C=O) groups excluding carboxylic acids is 1. The quantitative estimate of drug-likeness (QED) is 0.222. The van der Waals surface area contributed by atoms with Gasteiger partial charge in [0.25, 0.3) is 0 Å². The normalized spacial score (nSPS) is 14.5. The summed E-state index contributed by atoms with van der Waals surface area (Å²) in [4.78, 5) is 17.6. The number of nitrogens with two attached hydrogens (primary N) is 2. The van der Waals surface area contributed by atoms with E-state index in [-0.39, 0.29) is 12.4 Å². The second-order valence-electron chi connectivity index (χ2n) is 10.7. The van der Waals surface area contributed by atoms with Crippen LogP contribution < -0.4 is 11.5 Å². The molecule has 0 aliphatic heterocycles. The zero-order valence-corrected chi connectivity index (χ0v) is 22.3. The number of halogens is 3. The van der Waals surface area contributed by atoms with E-state index in [0.29, 0.717) is 17.8 Å². The Labute approximate surface area is 219 Å². The van der Waals surface area contributed by atoms with Crippen LogP contribution in [0.3, 0.4) is 0 Å². The summed E-state index contributed by atoms with van der Waals surface area (Å²) >= 11 is 1.26. The number of thioether (sulfide) groups is 1. The van der Waals surface area contributed by atoms with Crippen LogP contribution in [0.25, 0.3) is 22.3 Å².